The smallest absolute Gasteiger partial charge is 0.119 e. The average molecular weight is 510 g/mol. The number of benzene rings is 4. The summed E-state index contributed by atoms with van der Waals surface area (Å²) in [5.41, 5.74) is 8.64. The summed E-state index contributed by atoms with van der Waals surface area (Å²) in [5, 5.41) is 16.6. The van der Waals surface area contributed by atoms with Crippen LogP contribution >= 0.6 is 0 Å². The lowest BCUT2D eigenvalue weighted by Crippen LogP contribution is -2.18. The van der Waals surface area contributed by atoms with Crippen LogP contribution in [0.25, 0.3) is 22.2 Å². The zero-order chi connectivity index (χ0) is 26.8. The van der Waals surface area contributed by atoms with Crippen molar-refractivity contribution in [1.82, 2.24) is 9.97 Å². The highest BCUT2D eigenvalue weighted by Crippen LogP contribution is 2.38. The van der Waals surface area contributed by atoms with Gasteiger partial charge in [-0.15, -0.1) is 0 Å². The monoisotopic (exact) mass is 509 g/mol. The van der Waals surface area contributed by atoms with Crippen molar-refractivity contribution in [2.24, 2.45) is 5.10 Å². The fourth-order valence-corrected chi connectivity index (χ4v) is 4.94. The second-order valence-electron chi connectivity index (χ2n) is 9.85. The van der Waals surface area contributed by atoms with Crippen LogP contribution in [0.2, 0.25) is 0 Å². The number of hydrazone groups is 1. The van der Waals surface area contributed by atoms with Crippen molar-refractivity contribution >= 4 is 22.4 Å². The predicted molar refractivity (Wildman–Crippen MR) is 155 cm³/mol. The predicted octanol–water partition coefficient (Wildman–Crippen LogP) is 7.31. The van der Waals surface area contributed by atoms with Crippen molar-refractivity contribution in [2.45, 2.75) is 32.4 Å². The number of hydrogen-bond donors (Lipinski definition) is 0. The lowest BCUT2D eigenvalue weighted by Gasteiger charge is -2.24. The minimum Gasteiger partial charge on any atom is -0.491 e. The highest BCUT2D eigenvalue weighted by atomic mass is 16.5. The van der Waals surface area contributed by atoms with Gasteiger partial charge < -0.3 is 4.74 Å². The van der Waals surface area contributed by atoms with Crippen LogP contribution in [-0.4, -0.2) is 21.8 Å². The molecule has 2 heterocycles. The van der Waals surface area contributed by atoms with Crippen LogP contribution < -0.4 is 9.75 Å². The number of nitrogens with zero attached hydrogens (tertiary/aromatic N) is 5. The molecule has 6 nitrogen and oxygen atoms in total. The van der Waals surface area contributed by atoms with Gasteiger partial charge in [0, 0.05) is 18.8 Å². The topological polar surface area (TPSA) is 74.4 Å². The van der Waals surface area contributed by atoms with Gasteiger partial charge >= 0.3 is 0 Å². The van der Waals surface area contributed by atoms with E-state index in [2.05, 4.69) is 64.6 Å². The Morgan fingerprint density at radius 1 is 0.821 bits per heavy atom. The van der Waals surface area contributed by atoms with Crippen molar-refractivity contribution in [1.29, 1.82) is 5.26 Å². The number of ether oxygens (including phenoxy) is 1. The fraction of sp³-hybridized carbons (Fsp3) is 0.152. The Kier molecular flexibility index (Phi) is 6.48. The minimum absolute atomic E-state index is 0.0338. The van der Waals surface area contributed by atoms with Gasteiger partial charge in [-0.1, -0.05) is 48.5 Å². The van der Waals surface area contributed by atoms with Crippen molar-refractivity contribution in [3.05, 3.63) is 120 Å². The summed E-state index contributed by atoms with van der Waals surface area (Å²) < 4.78 is 5.78. The number of aromatic nitrogens is 2. The number of nitriles is 1. The molecule has 0 fully saturated rings. The van der Waals surface area contributed by atoms with Crippen molar-refractivity contribution in [2.75, 3.05) is 5.01 Å². The highest BCUT2D eigenvalue weighted by Gasteiger charge is 2.30. The van der Waals surface area contributed by atoms with Crippen molar-refractivity contribution in [3.8, 4) is 22.9 Å². The summed E-state index contributed by atoms with van der Waals surface area (Å²) in [6.07, 6.45) is 4.29. The molecule has 0 saturated heterocycles. The Morgan fingerprint density at radius 3 is 2.23 bits per heavy atom. The molecule has 4 aromatic carbocycles. The molecule has 1 aliphatic heterocycles. The van der Waals surface area contributed by atoms with Crippen LogP contribution in [0.3, 0.4) is 0 Å². The fourth-order valence-electron chi connectivity index (χ4n) is 4.94. The summed E-state index contributed by atoms with van der Waals surface area (Å²) in [6, 6.07) is 32.7. The third kappa shape index (κ3) is 5.07. The first kappa shape index (κ1) is 24.3. The summed E-state index contributed by atoms with van der Waals surface area (Å²) in [6.45, 7) is 4.05. The molecule has 1 unspecified atom stereocenters. The third-order valence-corrected chi connectivity index (χ3v) is 6.81. The van der Waals surface area contributed by atoms with Gasteiger partial charge in [0.05, 0.1) is 46.2 Å². The van der Waals surface area contributed by atoms with Gasteiger partial charge in [0.1, 0.15) is 5.75 Å². The van der Waals surface area contributed by atoms with E-state index in [0.29, 0.717) is 5.56 Å². The zero-order valence-corrected chi connectivity index (χ0v) is 21.8. The van der Waals surface area contributed by atoms with Crippen LogP contribution in [0.15, 0.2) is 108 Å². The van der Waals surface area contributed by atoms with Gasteiger partial charge in [-0.05, 0) is 78.6 Å². The lowest BCUT2D eigenvalue weighted by atomic mass is 9.96. The molecule has 6 heteroatoms. The van der Waals surface area contributed by atoms with E-state index in [0.717, 1.165) is 56.9 Å². The SMILES string of the molecule is CC(C)Oc1ccc(-c2ccc(C3=NN(c4cccc(C#N)c4)C(c4ccc5nccnc5c4)C3)cc2)cc1. The molecule has 0 spiro atoms. The number of fused-ring (bicyclic) bond motifs is 1. The molecule has 1 aromatic heterocycles. The van der Waals surface area contributed by atoms with E-state index >= 15 is 0 Å². The lowest BCUT2D eigenvalue weighted by molar-refractivity contribution is 0.242. The molecule has 39 heavy (non-hydrogen) atoms. The van der Waals surface area contributed by atoms with Gasteiger partial charge in [-0.2, -0.15) is 10.4 Å². The molecule has 0 bridgehead atoms. The summed E-state index contributed by atoms with van der Waals surface area (Å²) in [7, 11) is 0. The Labute approximate surface area is 227 Å². The Morgan fingerprint density at radius 2 is 1.51 bits per heavy atom. The van der Waals surface area contributed by atoms with Gasteiger partial charge in [0.2, 0.25) is 0 Å². The Balaban J connectivity index is 1.32. The van der Waals surface area contributed by atoms with Gasteiger partial charge in [0.25, 0.3) is 0 Å². The van der Waals surface area contributed by atoms with Crippen LogP contribution in [0.4, 0.5) is 5.69 Å². The highest BCUT2D eigenvalue weighted by molar-refractivity contribution is 6.03. The zero-order valence-electron chi connectivity index (χ0n) is 21.8. The molecule has 0 saturated carbocycles. The maximum Gasteiger partial charge on any atom is 0.119 e. The van der Waals surface area contributed by atoms with Crippen molar-refractivity contribution < 1.29 is 4.74 Å². The summed E-state index contributed by atoms with van der Waals surface area (Å²) in [4.78, 5) is 8.92. The van der Waals surface area contributed by atoms with Gasteiger partial charge in [0.15, 0.2) is 0 Å². The normalized spacial score (nSPS) is 14.9. The third-order valence-electron chi connectivity index (χ3n) is 6.81. The molecule has 1 atom stereocenters. The molecular formula is C33H27N5O. The second-order valence-corrected chi connectivity index (χ2v) is 9.85. The van der Waals surface area contributed by atoms with Crippen LogP contribution in [0.5, 0.6) is 5.75 Å². The van der Waals surface area contributed by atoms with Gasteiger partial charge in [-0.3, -0.25) is 15.0 Å². The Bertz CT molecular complexity index is 1700. The summed E-state index contributed by atoms with van der Waals surface area (Å²) in [5.74, 6) is 0.872. The molecule has 1 aliphatic rings. The van der Waals surface area contributed by atoms with Gasteiger partial charge in [-0.25, -0.2) is 0 Å². The van der Waals surface area contributed by atoms with E-state index in [4.69, 9.17) is 9.84 Å². The van der Waals surface area contributed by atoms with E-state index in [-0.39, 0.29) is 12.1 Å². The average Bonchev–Trinajstić information content (AvgIpc) is 3.43. The quantitative estimate of drug-likeness (QED) is 0.240. The molecule has 0 radical (unpaired) electrons. The maximum absolute atomic E-state index is 9.48. The Hall–Kier alpha value is -5.02. The molecule has 0 N–H and O–H groups in total. The van der Waals surface area contributed by atoms with E-state index in [1.165, 1.54) is 0 Å². The molecular weight excluding hydrogens is 482 g/mol. The molecule has 0 amide bonds. The second kappa shape index (κ2) is 10.4. The molecule has 5 aromatic rings. The largest absolute Gasteiger partial charge is 0.491 e. The summed E-state index contributed by atoms with van der Waals surface area (Å²) >= 11 is 0. The van der Waals surface area contributed by atoms with E-state index in [1.807, 2.05) is 61.3 Å². The standard InChI is InChI=1S/C33H27N5O/c1-22(2)39-29-13-10-25(11-14-29)24-6-8-26(9-7-24)31-20-33(27-12-15-30-32(19-27)36-17-16-35-30)38(37-31)28-5-3-4-23(18-28)21-34/h3-19,22,33H,20H2,1-2H3. The molecule has 6 rings (SSSR count). The first-order chi connectivity index (χ1) is 19.1. The number of rotatable bonds is 6. The molecule has 0 aliphatic carbocycles. The van der Waals surface area contributed by atoms with Crippen LogP contribution in [-0.2, 0) is 0 Å². The number of hydrogen-bond acceptors (Lipinski definition) is 6. The van der Waals surface area contributed by atoms with Crippen molar-refractivity contribution in [3.63, 3.8) is 0 Å². The van der Waals surface area contributed by atoms with Crippen LogP contribution in [0.1, 0.15) is 43.0 Å². The van der Waals surface area contributed by atoms with Crippen LogP contribution in [0, 0.1) is 11.3 Å². The van der Waals surface area contributed by atoms with E-state index in [1.54, 1.807) is 12.4 Å². The number of anilines is 1. The first-order valence-electron chi connectivity index (χ1n) is 13.0. The van der Waals surface area contributed by atoms with E-state index < -0.39 is 0 Å². The maximum atomic E-state index is 9.48. The van der Waals surface area contributed by atoms with E-state index in [9.17, 15) is 5.26 Å². The molecule has 190 valence electrons. The minimum atomic E-state index is -0.0338. The first-order valence-corrected chi connectivity index (χ1v) is 13.0.